The molecule has 0 heterocycles. The Hall–Kier alpha value is -0.930. The van der Waals surface area contributed by atoms with Crippen molar-refractivity contribution in [1.82, 2.24) is 4.90 Å². The van der Waals surface area contributed by atoms with Crippen molar-refractivity contribution in [2.45, 2.75) is 32.7 Å². The van der Waals surface area contributed by atoms with Crippen LogP contribution in [-0.2, 0) is 0 Å². The fourth-order valence-electron chi connectivity index (χ4n) is 2.05. The first-order valence-electron chi connectivity index (χ1n) is 6.45. The fourth-order valence-corrected chi connectivity index (χ4v) is 2.54. The van der Waals surface area contributed by atoms with Gasteiger partial charge in [-0.1, -0.05) is 37.0 Å². The van der Waals surface area contributed by atoms with Gasteiger partial charge >= 0.3 is 0 Å². The van der Waals surface area contributed by atoms with E-state index in [0.29, 0.717) is 33.3 Å². The molecule has 0 bridgehead atoms. The Bertz CT molecular complexity index is 475. The Morgan fingerprint density at radius 1 is 1.37 bits per heavy atom. The molecule has 0 spiro atoms. The molecular weight excluding hydrogens is 283 g/mol. The van der Waals surface area contributed by atoms with Gasteiger partial charge in [0.1, 0.15) is 0 Å². The molecule has 1 saturated carbocycles. The second-order valence-electron chi connectivity index (χ2n) is 5.44. The Labute approximate surface area is 123 Å². The van der Waals surface area contributed by atoms with E-state index in [1.54, 1.807) is 12.1 Å². The van der Waals surface area contributed by atoms with Crippen LogP contribution in [0.3, 0.4) is 0 Å². The van der Waals surface area contributed by atoms with E-state index in [-0.39, 0.29) is 5.91 Å². The average molecular weight is 301 g/mol. The van der Waals surface area contributed by atoms with Gasteiger partial charge in [-0.15, -0.1) is 0 Å². The smallest absolute Gasteiger partial charge is 0.254 e. The summed E-state index contributed by atoms with van der Waals surface area (Å²) >= 11 is 12.0. The monoisotopic (exact) mass is 300 g/mol. The van der Waals surface area contributed by atoms with E-state index in [0.717, 1.165) is 19.4 Å². The van der Waals surface area contributed by atoms with Gasteiger partial charge < -0.3 is 10.6 Å². The molecule has 1 amide bonds. The summed E-state index contributed by atoms with van der Waals surface area (Å²) in [4.78, 5) is 14.5. The molecule has 0 saturated heterocycles. The topological polar surface area (TPSA) is 46.3 Å². The summed E-state index contributed by atoms with van der Waals surface area (Å²) < 4.78 is 0. The molecule has 3 nitrogen and oxygen atoms in total. The molecule has 104 valence electrons. The number of benzene rings is 1. The Morgan fingerprint density at radius 3 is 2.32 bits per heavy atom. The van der Waals surface area contributed by atoms with Crippen molar-refractivity contribution in [2.75, 3.05) is 12.3 Å². The molecule has 0 aromatic heterocycles. The van der Waals surface area contributed by atoms with Gasteiger partial charge in [-0.3, -0.25) is 4.79 Å². The molecule has 1 aliphatic rings. The highest BCUT2D eigenvalue weighted by molar-refractivity contribution is 6.39. The zero-order valence-corrected chi connectivity index (χ0v) is 12.6. The molecule has 0 radical (unpaired) electrons. The van der Waals surface area contributed by atoms with Crippen LogP contribution in [0.2, 0.25) is 10.0 Å². The van der Waals surface area contributed by atoms with E-state index in [4.69, 9.17) is 28.9 Å². The van der Waals surface area contributed by atoms with E-state index in [2.05, 4.69) is 13.8 Å². The first-order chi connectivity index (χ1) is 8.90. The summed E-state index contributed by atoms with van der Waals surface area (Å²) in [6.45, 7) is 4.96. The molecule has 1 aliphatic carbocycles. The van der Waals surface area contributed by atoms with Gasteiger partial charge in [-0.2, -0.15) is 0 Å². The molecule has 19 heavy (non-hydrogen) atoms. The van der Waals surface area contributed by atoms with Crippen LogP contribution in [0.1, 0.15) is 37.0 Å². The second kappa shape index (κ2) is 5.59. The van der Waals surface area contributed by atoms with Gasteiger partial charge in [0.2, 0.25) is 0 Å². The van der Waals surface area contributed by atoms with Gasteiger partial charge in [-0.05, 0) is 30.9 Å². The first-order valence-corrected chi connectivity index (χ1v) is 7.21. The zero-order chi connectivity index (χ0) is 14.2. The highest BCUT2D eigenvalue weighted by Gasteiger charge is 2.33. The second-order valence-corrected chi connectivity index (χ2v) is 6.25. The molecule has 2 N–H and O–H groups in total. The molecule has 1 fully saturated rings. The maximum Gasteiger partial charge on any atom is 0.254 e. The predicted octanol–water partition coefficient (Wildman–Crippen LogP) is 3.84. The third kappa shape index (κ3) is 3.34. The molecule has 0 atom stereocenters. The van der Waals surface area contributed by atoms with Crippen LogP contribution in [0.15, 0.2) is 12.1 Å². The summed E-state index contributed by atoms with van der Waals surface area (Å²) in [6, 6.07) is 3.56. The lowest BCUT2D eigenvalue weighted by atomic mass is 10.1. The number of amides is 1. The standard InChI is InChI=1S/C14H18Cl2N2O/c1-8(2)7-18(10-3-4-10)14(19)9-5-11(15)13(17)12(16)6-9/h5-6,8,10H,3-4,7,17H2,1-2H3. The summed E-state index contributed by atoms with van der Waals surface area (Å²) in [5, 5.41) is 0.660. The number of hydrogen-bond acceptors (Lipinski definition) is 2. The quantitative estimate of drug-likeness (QED) is 0.859. The van der Waals surface area contributed by atoms with Crippen molar-refractivity contribution >= 4 is 34.8 Å². The Kier molecular flexibility index (Phi) is 4.26. The molecular formula is C14H18Cl2N2O. The minimum Gasteiger partial charge on any atom is -0.396 e. The van der Waals surface area contributed by atoms with E-state index in [9.17, 15) is 4.79 Å². The number of rotatable bonds is 4. The van der Waals surface area contributed by atoms with Crippen LogP contribution < -0.4 is 5.73 Å². The minimum absolute atomic E-state index is 0.0139. The van der Waals surface area contributed by atoms with Crippen molar-refractivity contribution in [2.24, 2.45) is 5.92 Å². The first kappa shape index (κ1) is 14.5. The lowest BCUT2D eigenvalue weighted by molar-refractivity contribution is 0.0722. The molecule has 5 heteroatoms. The normalized spacial score (nSPS) is 14.8. The summed E-state index contributed by atoms with van der Waals surface area (Å²) in [5.41, 5.74) is 6.52. The van der Waals surface area contributed by atoms with E-state index in [1.165, 1.54) is 0 Å². The van der Waals surface area contributed by atoms with Gasteiger partial charge in [0, 0.05) is 18.2 Å². The van der Waals surface area contributed by atoms with Crippen LogP contribution in [-0.4, -0.2) is 23.4 Å². The Morgan fingerprint density at radius 2 is 1.89 bits per heavy atom. The lowest BCUT2D eigenvalue weighted by Gasteiger charge is -2.24. The van der Waals surface area contributed by atoms with Gasteiger partial charge in [0.25, 0.3) is 5.91 Å². The lowest BCUT2D eigenvalue weighted by Crippen LogP contribution is -2.36. The minimum atomic E-state index is -0.0139. The van der Waals surface area contributed by atoms with E-state index < -0.39 is 0 Å². The highest BCUT2D eigenvalue weighted by Crippen LogP contribution is 2.32. The van der Waals surface area contributed by atoms with E-state index >= 15 is 0 Å². The van der Waals surface area contributed by atoms with Crippen molar-refractivity contribution < 1.29 is 4.79 Å². The predicted molar refractivity (Wildman–Crippen MR) is 79.8 cm³/mol. The summed E-state index contributed by atoms with van der Waals surface area (Å²) in [7, 11) is 0. The van der Waals surface area contributed by atoms with Crippen molar-refractivity contribution in [3.8, 4) is 0 Å². The largest absolute Gasteiger partial charge is 0.396 e. The van der Waals surface area contributed by atoms with E-state index in [1.807, 2.05) is 4.90 Å². The van der Waals surface area contributed by atoms with Crippen LogP contribution in [0.4, 0.5) is 5.69 Å². The molecule has 1 aromatic carbocycles. The molecule has 0 aliphatic heterocycles. The van der Waals surface area contributed by atoms with Crippen LogP contribution in [0.5, 0.6) is 0 Å². The highest BCUT2D eigenvalue weighted by atomic mass is 35.5. The Balaban J connectivity index is 2.26. The SMILES string of the molecule is CC(C)CN(C(=O)c1cc(Cl)c(N)c(Cl)c1)C1CC1. The van der Waals surface area contributed by atoms with Crippen molar-refractivity contribution in [3.05, 3.63) is 27.7 Å². The number of nitrogens with two attached hydrogens (primary N) is 1. The number of nitrogens with zero attached hydrogens (tertiary/aromatic N) is 1. The van der Waals surface area contributed by atoms with Crippen LogP contribution >= 0.6 is 23.2 Å². The molecule has 0 unspecified atom stereocenters. The average Bonchev–Trinajstić information content (AvgIpc) is 3.15. The maximum atomic E-state index is 12.5. The summed E-state index contributed by atoms with van der Waals surface area (Å²) in [6.07, 6.45) is 2.16. The van der Waals surface area contributed by atoms with Crippen molar-refractivity contribution in [3.63, 3.8) is 0 Å². The third-order valence-corrected chi connectivity index (χ3v) is 3.76. The van der Waals surface area contributed by atoms with Gasteiger partial charge in [0.15, 0.2) is 0 Å². The number of nitrogen functional groups attached to an aromatic ring is 1. The fraction of sp³-hybridized carbons (Fsp3) is 0.500. The number of hydrogen-bond donors (Lipinski definition) is 1. The zero-order valence-electron chi connectivity index (χ0n) is 11.1. The summed E-state index contributed by atoms with van der Waals surface area (Å²) in [5.74, 6) is 0.421. The number of halogens is 2. The molecule has 2 rings (SSSR count). The molecule has 1 aromatic rings. The van der Waals surface area contributed by atoms with Crippen molar-refractivity contribution in [1.29, 1.82) is 0 Å². The van der Waals surface area contributed by atoms with Crippen LogP contribution in [0, 0.1) is 5.92 Å². The number of carbonyl (C=O) groups is 1. The third-order valence-electron chi connectivity index (χ3n) is 3.14. The number of anilines is 1. The van der Waals surface area contributed by atoms with Crippen LogP contribution in [0.25, 0.3) is 0 Å². The van der Waals surface area contributed by atoms with Gasteiger partial charge in [-0.25, -0.2) is 0 Å². The number of carbonyl (C=O) groups excluding carboxylic acids is 1. The van der Waals surface area contributed by atoms with Gasteiger partial charge in [0.05, 0.1) is 15.7 Å². The maximum absolute atomic E-state index is 12.5.